The van der Waals surface area contributed by atoms with E-state index in [2.05, 4.69) is 10.6 Å². The summed E-state index contributed by atoms with van der Waals surface area (Å²) in [6, 6.07) is 13.1. The first-order valence-electron chi connectivity index (χ1n) is 6.65. The molecule has 3 N–H and O–H groups in total. The van der Waals surface area contributed by atoms with Crippen molar-refractivity contribution < 1.29 is 9.90 Å². The molecular weight excluding hydrogens is 252 g/mol. The lowest BCUT2D eigenvalue weighted by molar-refractivity contribution is -0.116. The molecule has 0 radical (unpaired) electrons. The van der Waals surface area contributed by atoms with Crippen molar-refractivity contribution in [2.75, 3.05) is 10.6 Å². The van der Waals surface area contributed by atoms with E-state index in [0.717, 1.165) is 23.4 Å². The highest BCUT2D eigenvalue weighted by Crippen LogP contribution is 2.26. The standard InChI is InChI=1S/C16H16N2O2/c19-14-6-1-11(2-7-14)10-17-13-5-3-12-4-8-16(20)18-15(12)9-13/h1-3,5-7,9,17,19H,4,8,10H2,(H,18,20). The normalized spacial score (nSPS) is 13.5. The second-order valence-corrected chi connectivity index (χ2v) is 4.94. The van der Waals surface area contributed by atoms with E-state index in [1.54, 1.807) is 12.1 Å². The molecule has 0 saturated carbocycles. The van der Waals surface area contributed by atoms with Crippen LogP contribution in [0.15, 0.2) is 42.5 Å². The minimum atomic E-state index is 0.0770. The quantitative estimate of drug-likeness (QED) is 0.802. The van der Waals surface area contributed by atoms with Gasteiger partial charge < -0.3 is 15.7 Å². The number of carbonyl (C=O) groups excluding carboxylic acids is 1. The predicted octanol–water partition coefficient (Wildman–Crippen LogP) is 2.89. The van der Waals surface area contributed by atoms with Crippen LogP contribution >= 0.6 is 0 Å². The fourth-order valence-electron chi connectivity index (χ4n) is 2.30. The van der Waals surface area contributed by atoms with Crippen molar-refractivity contribution in [3.8, 4) is 5.75 Å². The van der Waals surface area contributed by atoms with Crippen LogP contribution in [0.5, 0.6) is 5.75 Å². The first-order chi connectivity index (χ1) is 9.70. The molecule has 1 aliphatic rings. The third-order valence-corrected chi connectivity index (χ3v) is 3.44. The Morgan fingerprint density at radius 1 is 1.10 bits per heavy atom. The number of rotatable bonds is 3. The average Bonchev–Trinajstić information content (AvgIpc) is 2.46. The van der Waals surface area contributed by atoms with Crippen LogP contribution in [-0.4, -0.2) is 11.0 Å². The Hall–Kier alpha value is -2.49. The van der Waals surface area contributed by atoms with Gasteiger partial charge in [0.15, 0.2) is 0 Å². The van der Waals surface area contributed by atoms with Gasteiger partial charge in [0.25, 0.3) is 0 Å². The number of carbonyl (C=O) groups is 1. The fraction of sp³-hybridized carbons (Fsp3) is 0.188. The van der Waals surface area contributed by atoms with E-state index in [1.165, 1.54) is 5.56 Å². The van der Waals surface area contributed by atoms with Crippen LogP contribution in [0.3, 0.4) is 0 Å². The van der Waals surface area contributed by atoms with E-state index < -0.39 is 0 Å². The molecule has 0 atom stereocenters. The molecule has 0 fully saturated rings. The zero-order valence-corrected chi connectivity index (χ0v) is 11.0. The van der Waals surface area contributed by atoms with Gasteiger partial charge in [-0.3, -0.25) is 4.79 Å². The summed E-state index contributed by atoms with van der Waals surface area (Å²) in [4.78, 5) is 11.4. The Balaban J connectivity index is 1.70. The lowest BCUT2D eigenvalue weighted by atomic mass is 10.0. The van der Waals surface area contributed by atoms with Gasteiger partial charge in [-0.05, 0) is 41.8 Å². The Labute approximate surface area is 117 Å². The van der Waals surface area contributed by atoms with Crippen molar-refractivity contribution in [3.63, 3.8) is 0 Å². The van der Waals surface area contributed by atoms with Gasteiger partial charge in [0.05, 0.1) is 0 Å². The smallest absolute Gasteiger partial charge is 0.224 e. The summed E-state index contributed by atoms with van der Waals surface area (Å²) in [5.74, 6) is 0.346. The van der Waals surface area contributed by atoms with E-state index in [-0.39, 0.29) is 11.7 Å². The highest BCUT2D eigenvalue weighted by molar-refractivity contribution is 5.94. The van der Waals surface area contributed by atoms with Crippen LogP contribution in [-0.2, 0) is 17.8 Å². The summed E-state index contributed by atoms with van der Waals surface area (Å²) in [5, 5.41) is 15.4. The van der Waals surface area contributed by atoms with Gasteiger partial charge in [0.2, 0.25) is 5.91 Å². The van der Waals surface area contributed by atoms with Crippen molar-refractivity contribution in [3.05, 3.63) is 53.6 Å². The van der Waals surface area contributed by atoms with E-state index in [1.807, 2.05) is 30.3 Å². The van der Waals surface area contributed by atoms with Crippen molar-refractivity contribution in [1.29, 1.82) is 0 Å². The first kappa shape index (κ1) is 12.5. The van der Waals surface area contributed by atoms with Gasteiger partial charge in [0.1, 0.15) is 5.75 Å². The van der Waals surface area contributed by atoms with E-state index in [9.17, 15) is 9.90 Å². The van der Waals surface area contributed by atoms with Crippen LogP contribution in [0.25, 0.3) is 0 Å². The molecule has 0 unspecified atom stereocenters. The second kappa shape index (κ2) is 5.25. The Kier molecular flexibility index (Phi) is 3.29. The fourth-order valence-corrected chi connectivity index (χ4v) is 2.30. The van der Waals surface area contributed by atoms with Crippen LogP contribution in [0.1, 0.15) is 17.5 Å². The number of phenolic OH excluding ortho intramolecular Hbond substituents is 1. The van der Waals surface area contributed by atoms with E-state index in [0.29, 0.717) is 13.0 Å². The molecule has 2 aromatic carbocycles. The Morgan fingerprint density at radius 3 is 2.70 bits per heavy atom. The lowest BCUT2D eigenvalue weighted by Crippen LogP contribution is -2.19. The van der Waals surface area contributed by atoms with Gasteiger partial charge in [-0.1, -0.05) is 18.2 Å². The number of fused-ring (bicyclic) bond motifs is 1. The molecule has 3 rings (SSSR count). The van der Waals surface area contributed by atoms with Gasteiger partial charge in [0, 0.05) is 24.3 Å². The summed E-state index contributed by atoms with van der Waals surface area (Å²) < 4.78 is 0. The van der Waals surface area contributed by atoms with Crippen molar-refractivity contribution >= 4 is 17.3 Å². The lowest BCUT2D eigenvalue weighted by Gasteiger charge is -2.18. The van der Waals surface area contributed by atoms with Gasteiger partial charge in [-0.15, -0.1) is 0 Å². The van der Waals surface area contributed by atoms with Crippen molar-refractivity contribution in [2.24, 2.45) is 0 Å². The molecule has 1 heterocycles. The number of nitrogens with one attached hydrogen (secondary N) is 2. The van der Waals surface area contributed by atoms with Crippen LogP contribution in [0, 0.1) is 0 Å². The summed E-state index contributed by atoms with van der Waals surface area (Å²) in [7, 11) is 0. The third-order valence-electron chi connectivity index (χ3n) is 3.44. The number of anilines is 2. The van der Waals surface area contributed by atoms with Crippen molar-refractivity contribution in [2.45, 2.75) is 19.4 Å². The third kappa shape index (κ3) is 2.74. The van der Waals surface area contributed by atoms with Gasteiger partial charge >= 0.3 is 0 Å². The molecule has 1 amide bonds. The molecule has 20 heavy (non-hydrogen) atoms. The molecule has 2 aromatic rings. The van der Waals surface area contributed by atoms with Crippen molar-refractivity contribution in [1.82, 2.24) is 0 Å². The zero-order valence-electron chi connectivity index (χ0n) is 11.0. The summed E-state index contributed by atoms with van der Waals surface area (Å²) in [6.07, 6.45) is 1.37. The second-order valence-electron chi connectivity index (χ2n) is 4.94. The summed E-state index contributed by atoms with van der Waals surface area (Å²) in [6.45, 7) is 0.674. The highest BCUT2D eigenvalue weighted by atomic mass is 16.3. The maximum atomic E-state index is 11.4. The number of benzene rings is 2. The number of hydrogen-bond donors (Lipinski definition) is 3. The molecule has 1 aliphatic heterocycles. The molecule has 4 heteroatoms. The topological polar surface area (TPSA) is 61.4 Å². The summed E-state index contributed by atoms with van der Waals surface area (Å²) in [5.41, 5.74) is 4.14. The number of aryl methyl sites for hydroxylation is 1. The number of aromatic hydroxyl groups is 1. The van der Waals surface area contributed by atoms with E-state index >= 15 is 0 Å². The zero-order chi connectivity index (χ0) is 13.9. The molecular formula is C16H16N2O2. The number of hydrogen-bond acceptors (Lipinski definition) is 3. The summed E-state index contributed by atoms with van der Waals surface area (Å²) >= 11 is 0. The maximum absolute atomic E-state index is 11.4. The van der Waals surface area contributed by atoms with Crippen LogP contribution < -0.4 is 10.6 Å². The molecule has 0 saturated heterocycles. The van der Waals surface area contributed by atoms with Crippen LogP contribution in [0.2, 0.25) is 0 Å². The minimum Gasteiger partial charge on any atom is -0.508 e. The van der Waals surface area contributed by atoms with Gasteiger partial charge in [-0.25, -0.2) is 0 Å². The Bertz CT molecular complexity index is 635. The predicted molar refractivity (Wildman–Crippen MR) is 78.8 cm³/mol. The number of amides is 1. The maximum Gasteiger partial charge on any atom is 0.224 e. The largest absolute Gasteiger partial charge is 0.508 e. The first-order valence-corrected chi connectivity index (χ1v) is 6.65. The molecule has 0 bridgehead atoms. The molecule has 0 aliphatic carbocycles. The molecule has 0 spiro atoms. The Morgan fingerprint density at radius 2 is 1.90 bits per heavy atom. The van der Waals surface area contributed by atoms with E-state index in [4.69, 9.17) is 0 Å². The number of phenols is 1. The molecule has 102 valence electrons. The van der Waals surface area contributed by atoms with Gasteiger partial charge in [-0.2, -0.15) is 0 Å². The SMILES string of the molecule is O=C1CCc2ccc(NCc3ccc(O)cc3)cc2N1. The average molecular weight is 268 g/mol. The monoisotopic (exact) mass is 268 g/mol. The van der Waals surface area contributed by atoms with Crippen LogP contribution in [0.4, 0.5) is 11.4 Å². The molecule has 4 nitrogen and oxygen atoms in total. The minimum absolute atomic E-state index is 0.0770. The molecule has 0 aromatic heterocycles. The highest BCUT2D eigenvalue weighted by Gasteiger charge is 2.14.